The molecule has 1 amide bonds. The zero-order valence-corrected chi connectivity index (χ0v) is 18.5. The lowest BCUT2D eigenvalue weighted by molar-refractivity contribution is -0.115. The van der Waals surface area contributed by atoms with E-state index in [0.717, 1.165) is 16.6 Å². The number of benzene rings is 2. The fraction of sp³-hybridized carbons (Fsp3) is 0.174. The Kier molecular flexibility index (Phi) is 5.91. The van der Waals surface area contributed by atoms with Crippen molar-refractivity contribution >= 4 is 50.8 Å². The van der Waals surface area contributed by atoms with Crippen LogP contribution in [0.25, 0.3) is 10.9 Å². The highest BCUT2D eigenvalue weighted by Gasteiger charge is 2.22. The largest absolute Gasteiger partial charge is 0.392 e. The number of fused-ring (bicyclic) bond motifs is 1. The Morgan fingerprint density at radius 3 is 2.55 bits per heavy atom. The number of anilines is 1. The van der Waals surface area contributed by atoms with Crippen LogP contribution in [0, 0.1) is 13.8 Å². The standard InChI is InChI=1S/C23H20ClN3O3S/c1-13-12-31-23(25-13)26-21(29)10-18-14(2)27(20-8-3-15(11-28)9-19(18)20)22(30)16-4-6-17(24)7-5-16/h3-9,12,28H,10-11H2,1-2H3,(H,25,26,29). The molecule has 0 saturated carbocycles. The van der Waals surface area contributed by atoms with E-state index >= 15 is 0 Å². The van der Waals surface area contributed by atoms with Gasteiger partial charge in [0, 0.05) is 27.0 Å². The third-order valence-electron chi connectivity index (χ3n) is 5.08. The number of thiazole rings is 1. The summed E-state index contributed by atoms with van der Waals surface area (Å²) >= 11 is 7.33. The lowest BCUT2D eigenvalue weighted by atomic mass is 10.1. The van der Waals surface area contributed by atoms with Gasteiger partial charge in [0.25, 0.3) is 5.91 Å². The number of halogens is 1. The molecular weight excluding hydrogens is 434 g/mol. The van der Waals surface area contributed by atoms with Crippen LogP contribution in [0.5, 0.6) is 0 Å². The monoisotopic (exact) mass is 453 g/mol. The van der Waals surface area contributed by atoms with Crippen LogP contribution in [0.1, 0.15) is 32.9 Å². The van der Waals surface area contributed by atoms with Crippen LogP contribution in [0.3, 0.4) is 0 Å². The van der Waals surface area contributed by atoms with Crippen LogP contribution in [0.4, 0.5) is 5.13 Å². The first-order chi connectivity index (χ1) is 14.9. The molecule has 8 heteroatoms. The first kappa shape index (κ1) is 21.2. The zero-order chi connectivity index (χ0) is 22.1. The average Bonchev–Trinajstić information content (AvgIpc) is 3.28. The lowest BCUT2D eigenvalue weighted by Gasteiger charge is -2.08. The highest BCUT2D eigenvalue weighted by atomic mass is 35.5. The Morgan fingerprint density at radius 1 is 1.16 bits per heavy atom. The molecule has 4 aromatic rings. The Morgan fingerprint density at radius 2 is 1.90 bits per heavy atom. The van der Waals surface area contributed by atoms with Gasteiger partial charge < -0.3 is 10.4 Å². The second-order valence-corrected chi connectivity index (χ2v) is 8.53. The summed E-state index contributed by atoms with van der Waals surface area (Å²) < 4.78 is 1.61. The molecule has 0 aliphatic carbocycles. The minimum Gasteiger partial charge on any atom is -0.392 e. The smallest absolute Gasteiger partial charge is 0.262 e. The summed E-state index contributed by atoms with van der Waals surface area (Å²) in [7, 11) is 0. The van der Waals surface area contributed by atoms with Crippen molar-refractivity contribution in [1.29, 1.82) is 0 Å². The molecule has 2 aromatic carbocycles. The van der Waals surface area contributed by atoms with E-state index in [1.165, 1.54) is 11.3 Å². The van der Waals surface area contributed by atoms with Crippen molar-refractivity contribution < 1.29 is 14.7 Å². The summed E-state index contributed by atoms with van der Waals surface area (Å²) in [6, 6.07) is 12.1. The number of carbonyl (C=O) groups excluding carboxylic acids is 2. The molecule has 2 N–H and O–H groups in total. The number of hydrogen-bond acceptors (Lipinski definition) is 5. The molecule has 0 radical (unpaired) electrons. The molecule has 158 valence electrons. The summed E-state index contributed by atoms with van der Waals surface area (Å²) in [5.41, 5.74) is 4.14. The lowest BCUT2D eigenvalue weighted by Crippen LogP contribution is -2.16. The van der Waals surface area contributed by atoms with Gasteiger partial charge in [0.15, 0.2) is 5.13 Å². The quantitative estimate of drug-likeness (QED) is 0.457. The molecule has 31 heavy (non-hydrogen) atoms. The Bertz CT molecular complexity index is 1290. The Balaban J connectivity index is 1.77. The van der Waals surface area contributed by atoms with Crippen molar-refractivity contribution in [3.8, 4) is 0 Å². The Labute approximate surface area is 188 Å². The third-order valence-corrected chi connectivity index (χ3v) is 6.21. The number of aryl methyl sites for hydroxylation is 1. The molecule has 0 spiro atoms. The van der Waals surface area contributed by atoms with Crippen LogP contribution < -0.4 is 5.32 Å². The van der Waals surface area contributed by atoms with E-state index in [0.29, 0.717) is 32.5 Å². The molecule has 0 saturated heterocycles. The molecule has 0 fully saturated rings. The molecule has 2 heterocycles. The minimum absolute atomic E-state index is 0.0801. The molecular formula is C23H20ClN3O3S. The first-order valence-corrected chi connectivity index (χ1v) is 10.9. The molecule has 4 rings (SSSR count). The maximum atomic E-state index is 13.3. The summed E-state index contributed by atoms with van der Waals surface area (Å²) in [6.07, 6.45) is 0.0801. The zero-order valence-electron chi connectivity index (χ0n) is 17.0. The maximum Gasteiger partial charge on any atom is 0.262 e. The summed E-state index contributed by atoms with van der Waals surface area (Å²) in [6.45, 7) is 3.56. The molecule has 0 aliphatic heterocycles. The maximum absolute atomic E-state index is 13.3. The van der Waals surface area contributed by atoms with E-state index in [9.17, 15) is 14.7 Å². The number of hydrogen-bond donors (Lipinski definition) is 2. The van der Waals surface area contributed by atoms with Gasteiger partial charge in [0.1, 0.15) is 0 Å². The molecule has 0 bridgehead atoms. The van der Waals surface area contributed by atoms with E-state index in [4.69, 9.17) is 11.6 Å². The highest BCUT2D eigenvalue weighted by molar-refractivity contribution is 7.13. The number of aromatic nitrogens is 2. The van der Waals surface area contributed by atoms with Crippen LogP contribution in [0.15, 0.2) is 47.8 Å². The molecule has 0 atom stereocenters. The average molecular weight is 454 g/mol. The number of carbonyl (C=O) groups is 2. The summed E-state index contributed by atoms with van der Waals surface area (Å²) in [5, 5.41) is 16.1. The van der Waals surface area contributed by atoms with E-state index in [1.807, 2.05) is 25.3 Å². The van der Waals surface area contributed by atoms with Gasteiger partial charge in [0.2, 0.25) is 5.91 Å². The van der Waals surface area contributed by atoms with Gasteiger partial charge in [-0.15, -0.1) is 11.3 Å². The number of amides is 1. The topological polar surface area (TPSA) is 84.2 Å². The SMILES string of the molecule is Cc1csc(NC(=O)Cc2c(C)n(C(=O)c3ccc(Cl)cc3)c3ccc(CO)cc23)n1. The van der Waals surface area contributed by atoms with E-state index < -0.39 is 0 Å². The van der Waals surface area contributed by atoms with Crippen molar-refractivity contribution in [2.75, 3.05) is 5.32 Å². The van der Waals surface area contributed by atoms with E-state index in [1.54, 1.807) is 41.0 Å². The van der Waals surface area contributed by atoms with Gasteiger partial charge in [0.05, 0.1) is 24.2 Å². The fourth-order valence-electron chi connectivity index (χ4n) is 3.57. The van der Waals surface area contributed by atoms with Gasteiger partial charge in [-0.25, -0.2) is 4.98 Å². The van der Waals surface area contributed by atoms with Gasteiger partial charge in [-0.2, -0.15) is 0 Å². The number of aliphatic hydroxyl groups excluding tert-OH is 1. The van der Waals surface area contributed by atoms with Crippen molar-refractivity contribution in [1.82, 2.24) is 9.55 Å². The number of rotatable bonds is 5. The number of nitrogens with zero attached hydrogens (tertiary/aromatic N) is 2. The van der Waals surface area contributed by atoms with Crippen molar-refractivity contribution in [3.63, 3.8) is 0 Å². The second-order valence-electron chi connectivity index (χ2n) is 7.24. The van der Waals surface area contributed by atoms with Gasteiger partial charge >= 0.3 is 0 Å². The number of aliphatic hydroxyl groups is 1. The predicted molar refractivity (Wildman–Crippen MR) is 123 cm³/mol. The van der Waals surface area contributed by atoms with Crippen LogP contribution in [0.2, 0.25) is 5.02 Å². The molecule has 2 aromatic heterocycles. The normalized spacial score (nSPS) is 11.1. The summed E-state index contributed by atoms with van der Waals surface area (Å²) in [4.78, 5) is 30.3. The molecule has 0 aliphatic rings. The molecule has 6 nitrogen and oxygen atoms in total. The van der Waals surface area contributed by atoms with Gasteiger partial charge in [-0.05, 0) is 61.4 Å². The van der Waals surface area contributed by atoms with Gasteiger partial charge in [-0.1, -0.05) is 17.7 Å². The van der Waals surface area contributed by atoms with Crippen LogP contribution in [-0.2, 0) is 17.8 Å². The number of nitrogens with one attached hydrogen (secondary N) is 1. The molecule has 0 unspecified atom stereocenters. The minimum atomic E-state index is -0.218. The van der Waals surface area contributed by atoms with Gasteiger partial charge in [-0.3, -0.25) is 14.2 Å². The van der Waals surface area contributed by atoms with Crippen LogP contribution in [-0.4, -0.2) is 26.5 Å². The van der Waals surface area contributed by atoms with E-state index in [-0.39, 0.29) is 24.8 Å². The highest BCUT2D eigenvalue weighted by Crippen LogP contribution is 2.29. The van der Waals surface area contributed by atoms with Crippen molar-refractivity contribution in [2.24, 2.45) is 0 Å². The van der Waals surface area contributed by atoms with Crippen molar-refractivity contribution in [3.05, 3.63) is 80.9 Å². The Hall–Kier alpha value is -3.00. The first-order valence-electron chi connectivity index (χ1n) is 9.63. The summed E-state index contributed by atoms with van der Waals surface area (Å²) in [5.74, 6) is -0.428. The second kappa shape index (κ2) is 8.63. The van der Waals surface area contributed by atoms with Crippen LogP contribution >= 0.6 is 22.9 Å². The van der Waals surface area contributed by atoms with Crippen molar-refractivity contribution in [2.45, 2.75) is 26.9 Å². The fourth-order valence-corrected chi connectivity index (χ4v) is 4.40. The predicted octanol–water partition coefficient (Wildman–Crippen LogP) is 4.73. The van der Waals surface area contributed by atoms with E-state index in [2.05, 4.69) is 10.3 Å². The third kappa shape index (κ3) is 4.25.